The average Bonchev–Trinajstić information content (AvgIpc) is 2.85. The van der Waals surface area contributed by atoms with Gasteiger partial charge < -0.3 is 19.9 Å². The maximum absolute atomic E-state index is 12.4. The molecule has 8 heteroatoms. The number of ether oxygens (including phenoxy) is 3. The molecule has 0 aliphatic carbocycles. The van der Waals surface area contributed by atoms with Crippen molar-refractivity contribution in [2.75, 3.05) is 6.61 Å². The minimum atomic E-state index is -0.766. The van der Waals surface area contributed by atoms with Gasteiger partial charge in [0.1, 0.15) is 19.3 Å². The Morgan fingerprint density at radius 2 is 1.44 bits per heavy atom. The van der Waals surface area contributed by atoms with Crippen LogP contribution in [0.3, 0.4) is 0 Å². The van der Waals surface area contributed by atoms with E-state index in [1.807, 2.05) is 60.7 Å². The van der Waals surface area contributed by atoms with Gasteiger partial charge in [-0.05, 0) is 37.3 Å². The summed E-state index contributed by atoms with van der Waals surface area (Å²) in [5, 5.41) is 0. The van der Waals surface area contributed by atoms with E-state index in [0.717, 1.165) is 11.1 Å². The van der Waals surface area contributed by atoms with E-state index in [-0.39, 0.29) is 26.2 Å². The van der Waals surface area contributed by atoms with E-state index in [0.29, 0.717) is 31.4 Å². The standard InChI is InChI=1S/C26H32N2O6/c1-2-32-25(30)23(27)16-10-9-15-22(17-24(29)33-18-20-11-5-3-6-12-20)28-26(31)34-19-21-13-7-4-8-14-21/h3-8,11-14,23H,2,9-10,15-19,27H2,1H3. The van der Waals surface area contributed by atoms with Crippen LogP contribution in [-0.2, 0) is 37.0 Å². The average molecular weight is 469 g/mol. The zero-order valence-corrected chi connectivity index (χ0v) is 19.5. The maximum atomic E-state index is 12.4. The molecule has 2 aromatic rings. The van der Waals surface area contributed by atoms with Crippen LogP contribution in [0.5, 0.6) is 0 Å². The number of hydrogen-bond donors (Lipinski definition) is 1. The van der Waals surface area contributed by atoms with Crippen LogP contribution < -0.4 is 5.73 Å². The number of unbranched alkanes of at least 4 members (excludes halogenated alkanes) is 1. The molecule has 0 aliphatic rings. The molecule has 34 heavy (non-hydrogen) atoms. The predicted octanol–water partition coefficient (Wildman–Crippen LogP) is 4.35. The van der Waals surface area contributed by atoms with Crippen molar-refractivity contribution in [3.8, 4) is 0 Å². The molecule has 0 radical (unpaired) electrons. The molecular weight excluding hydrogens is 436 g/mol. The summed E-state index contributed by atoms with van der Waals surface area (Å²) in [7, 11) is 0. The predicted molar refractivity (Wildman–Crippen MR) is 128 cm³/mol. The molecule has 0 aliphatic heterocycles. The molecule has 0 fully saturated rings. The Hall–Kier alpha value is -3.52. The summed E-state index contributed by atoms with van der Waals surface area (Å²) >= 11 is 0. The number of esters is 2. The highest BCUT2D eigenvalue weighted by Crippen LogP contribution is 2.10. The Balaban J connectivity index is 1.90. The first-order valence-electron chi connectivity index (χ1n) is 11.4. The second-order valence-corrected chi connectivity index (χ2v) is 7.65. The summed E-state index contributed by atoms with van der Waals surface area (Å²) in [6.07, 6.45) is 1.11. The normalized spacial score (nSPS) is 12.0. The highest BCUT2D eigenvalue weighted by Gasteiger charge is 2.16. The first-order chi connectivity index (χ1) is 16.5. The van der Waals surface area contributed by atoms with Gasteiger partial charge in [-0.2, -0.15) is 4.99 Å². The lowest BCUT2D eigenvalue weighted by atomic mass is 10.1. The lowest BCUT2D eigenvalue weighted by Crippen LogP contribution is -2.32. The molecule has 1 unspecified atom stereocenters. The van der Waals surface area contributed by atoms with Gasteiger partial charge in [-0.3, -0.25) is 9.59 Å². The summed E-state index contributed by atoms with van der Waals surface area (Å²) < 4.78 is 15.4. The number of aliphatic imine (C=N–C) groups is 1. The summed E-state index contributed by atoms with van der Waals surface area (Å²) in [4.78, 5) is 40.2. The molecule has 2 N–H and O–H groups in total. The number of nitrogens with two attached hydrogens (primary N) is 1. The second kappa shape index (κ2) is 15.3. The van der Waals surface area contributed by atoms with E-state index < -0.39 is 24.1 Å². The smallest absolute Gasteiger partial charge is 0.433 e. The number of carbonyl (C=O) groups excluding carboxylic acids is 3. The summed E-state index contributed by atoms with van der Waals surface area (Å²) in [6, 6.07) is 17.9. The highest BCUT2D eigenvalue weighted by molar-refractivity contribution is 6.03. The fourth-order valence-corrected chi connectivity index (χ4v) is 3.08. The Kier molecular flexibility index (Phi) is 12.1. The van der Waals surface area contributed by atoms with Crippen LogP contribution in [0.4, 0.5) is 4.79 Å². The minimum Gasteiger partial charge on any atom is -0.465 e. The fraction of sp³-hybridized carbons (Fsp3) is 0.385. The van der Waals surface area contributed by atoms with Crippen LogP contribution in [0.1, 0.15) is 50.2 Å². The number of benzene rings is 2. The first kappa shape index (κ1) is 26.7. The number of amides is 1. The van der Waals surface area contributed by atoms with Crippen molar-refractivity contribution in [2.45, 2.75) is 58.3 Å². The zero-order valence-electron chi connectivity index (χ0n) is 19.5. The van der Waals surface area contributed by atoms with Crippen LogP contribution in [0.2, 0.25) is 0 Å². The topological polar surface area (TPSA) is 117 Å². The van der Waals surface area contributed by atoms with E-state index in [4.69, 9.17) is 19.9 Å². The second-order valence-electron chi connectivity index (χ2n) is 7.65. The molecule has 0 spiro atoms. The van der Waals surface area contributed by atoms with Crippen molar-refractivity contribution in [1.82, 2.24) is 0 Å². The van der Waals surface area contributed by atoms with Crippen molar-refractivity contribution in [1.29, 1.82) is 0 Å². The van der Waals surface area contributed by atoms with E-state index in [2.05, 4.69) is 4.99 Å². The third-order valence-corrected chi connectivity index (χ3v) is 4.87. The maximum Gasteiger partial charge on any atom is 0.433 e. The van der Waals surface area contributed by atoms with Gasteiger partial charge >= 0.3 is 18.0 Å². The quantitative estimate of drug-likeness (QED) is 0.201. The molecule has 2 rings (SSSR count). The fourth-order valence-electron chi connectivity index (χ4n) is 3.08. The Morgan fingerprint density at radius 3 is 2.03 bits per heavy atom. The van der Waals surface area contributed by atoms with E-state index in [9.17, 15) is 14.4 Å². The van der Waals surface area contributed by atoms with Crippen LogP contribution in [0.15, 0.2) is 65.7 Å². The van der Waals surface area contributed by atoms with E-state index in [1.165, 1.54) is 0 Å². The van der Waals surface area contributed by atoms with Gasteiger partial charge in [0.05, 0.1) is 13.0 Å². The minimum absolute atomic E-state index is 0.0866. The zero-order chi connectivity index (χ0) is 24.6. The number of rotatable bonds is 13. The molecule has 1 amide bonds. The highest BCUT2D eigenvalue weighted by atomic mass is 16.5. The molecule has 8 nitrogen and oxygen atoms in total. The van der Waals surface area contributed by atoms with Crippen molar-refractivity contribution >= 4 is 23.7 Å². The van der Waals surface area contributed by atoms with Crippen LogP contribution >= 0.6 is 0 Å². The first-order valence-corrected chi connectivity index (χ1v) is 11.4. The van der Waals surface area contributed by atoms with E-state index in [1.54, 1.807) is 6.92 Å². The molecule has 0 heterocycles. The van der Waals surface area contributed by atoms with Crippen molar-refractivity contribution < 1.29 is 28.6 Å². The van der Waals surface area contributed by atoms with Gasteiger partial charge in [-0.1, -0.05) is 67.1 Å². The van der Waals surface area contributed by atoms with Crippen LogP contribution in [-0.4, -0.2) is 36.4 Å². The molecule has 0 bridgehead atoms. The number of nitrogens with zero attached hydrogens (tertiary/aromatic N) is 1. The molecular formula is C26H32N2O6. The van der Waals surface area contributed by atoms with Gasteiger partial charge in [0.15, 0.2) is 0 Å². The molecule has 182 valence electrons. The Morgan fingerprint density at radius 1 is 0.853 bits per heavy atom. The molecule has 0 saturated heterocycles. The van der Waals surface area contributed by atoms with Gasteiger partial charge in [0.2, 0.25) is 0 Å². The van der Waals surface area contributed by atoms with Crippen molar-refractivity contribution in [2.24, 2.45) is 10.7 Å². The SMILES string of the molecule is CCOC(=O)C(N)CCCCC(CC(=O)OCc1ccccc1)=NC(=O)OCc1ccccc1. The largest absolute Gasteiger partial charge is 0.465 e. The van der Waals surface area contributed by atoms with Crippen molar-refractivity contribution in [3.63, 3.8) is 0 Å². The van der Waals surface area contributed by atoms with Gasteiger partial charge in [-0.25, -0.2) is 4.79 Å². The monoisotopic (exact) mass is 468 g/mol. The van der Waals surface area contributed by atoms with Gasteiger partial charge in [0.25, 0.3) is 0 Å². The Labute approximate surface area is 200 Å². The van der Waals surface area contributed by atoms with Crippen LogP contribution in [0.25, 0.3) is 0 Å². The Bertz CT molecular complexity index is 931. The van der Waals surface area contributed by atoms with Crippen molar-refractivity contribution in [3.05, 3.63) is 71.8 Å². The number of carbonyl (C=O) groups is 3. The van der Waals surface area contributed by atoms with Gasteiger partial charge in [0, 0.05) is 5.71 Å². The third kappa shape index (κ3) is 10.9. The molecule has 1 atom stereocenters. The van der Waals surface area contributed by atoms with Gasteiger partial charge in [-0.15, -0.1) is 0 Å². The molecule has 2 aromatic carbocycles. The van der Waals surface area contributed by atoms with E-state index >= 15 is 0 Å². The lowest BCUT2D eigenvalue weighted by Gasteiger charge is -2.11. The lowest BCUT2D eigenvalue weighted by molar-refractivity contribution is -0.145. The summed E-state index contributed by atoms with van der Waals surface area (Å²) in [5.74, 6) is -0.924. The third-order valence-electron chi connectivity index (χ3n) is 4.87. The van der Waals surface area contributed by atoms with Crippen LogP contribution in [0, 0.1) is 0 Å². The summed E-state index contributed by atoms with van der Waals surface area (Å²) in [6.45, 7) is 2.23. The molecule has 0 saturated carbocycles. The number of hydrogen-bond acceptors (Lipinski definition) is 7. The summed E-state index contributed by atoms with van der Waals surface area (Å²) in [5.41, 5.74) is 7.88. The molecule has 0 aromatic heterocycles.